The number of halogens is 2. The molecular formula is C20H30F2N2O3Sn2. The summed E-state index contributed by atoms with van der Waals surface area (Å²) in [5.74, 6) is -0.804. The topological polar surface area (TPSA) is 92.4 Å². The number of amides is 1. The van der Waals surface area contributed by atoms with E-state index in [0.29, 0.717) is 13.1 Å². The van der Waals surface area contributed by atoms with Crippen LogP contribution in [0.2, 0.25) is 9.88 Å². The van der Waals surface area contributed by atoms with Gasteiger partial charge in [-0.15, -0.1) is 0 Å². The molecule has 0 saturated heterocycles. The Hall–Kier alpha value is -1.20. The van der Waals surface area contributed by atoms with Crippen molar-refractivity contribution in [2.24, 2.45) is 5.73 Å². The molecule has 160 valence electrons. The maximum atomic E-state index is 10.7. The Kier molecular flexibility index (Phi) is 22.5. The van der Waals surface area contributed by atoms with E-state index in [9.17, 15) is 4.79 Å². The van der Waals surface area contributed by atoms with Gasteiger partial charge >= 0.3 is 161 Å². The van der Waals surface area contributed by atoms with Gasteiger partial charge in [0.1, 0.15) is 0 Å². The van der Waals surface area contributed by atoms with Crippen molar-refractivity contribution in [2.75, 3.05) is 0 Å². The number of hydrogen-bond donors (Lipinski definition) is 3. The van der Waals surface area contributed by atoms with Crippen LogP contribution in [0.1, 0.15) is 25.0 Å². The third-order valence-corrected chi connectivity index (χ3v) is 8.28. The first-order valence-corrected chi connectivity index (χ1v) is 17.1. The summed E-state index contributed by atoms with van der Waals surface area (Å²) in [4.78, 5) is 24.3. The number of aliphatic carboxylic acids is 1. The Bertz CT molecular complexity index is 696. The molecule has 9 heteroatoms. The van der Waals surface area contributed by atoms with Gasteiger partial charge in [0.15, 0.2) is 0 Å². The van der Waals surface area contributed by atoms with E-state index >= 15 is 0 Å². The van der Waals surface area contributed by atoms with Gasteiger partial charge in [0.05, 0.1) is 0 Å². The van der Waals surface area contributed by atoms with Crippen molar-refractivity contribution < 1.29 is 24.1 Å². The fourth-order valence-corrected chi connectivity index (χ4v) is 5.30. The van der Waals surface area contributed by atoms with Crippen molar-refractivity contribution in [1.29, 1.82) is 0 Å². The summed E-state index contributed by atoms with van der Waals surface area (Å²) in [7, 11) is 0. The Morgan fingerprint density at radius 2 is 1.34 bits per heavy atom. The minimum atomic E-state index is -0.833. The van der Waals surface area contributed by atoms with E-state index in [1.54, 1.807) is 6.92 Å². The molecule has 0 aliphatic heterocycles. The molecule has 0 saturated carbocycles. The van der Waals surface area contributed by atoms with Gasteiger partial charge in [0, 0.05) is 6.92 Å². The normalized spacial score (nSPS) is 8.59. The quantitative estimate of drug-likeness (QED) is 0.443. The third kappa shape index (κ3) is 18.6. The molecule has 0 spiro atoms. The second-order valence-corrected chi connectivity index (χ2v) is 11.7. The average molecular weight is 622 g/mol. The van der Waals surface area contributed by atoms with E-state index in [1.165, 1.54) is 18.3 Å². The van der Waals surface area contributed by atoms with Crippen LogP contribution in [0, 0.1) is 0 Å². The Balaban J connectivity index is -0.000000379. The van der Waals surface area contributed by atoms with Crippen molar-refractivity contribution in [3.05, 3.63) is 59.7 Å². The number of hydrogen-bond acceptors (Lipinski definition) is 3. The molecule has 2 aromatic rings. The van der Waals surface area contributed by atoms with E-state index in [0.717, 1.165) is 6.92 Å². The molecule has 0 unspecified atom stereocenters. The van der Waals surface area contributed by atoms with Crippen LogP contribution in [-0.4, -0.2) is 59.3 Å². The van der Waals surface area contributed by atoms with E-state index in [-0.39, 0.29) is 57.6 Å². The van der Waals surface area contributed by atoms with Crippen LogP contribution in [0.15, 0.2) is 48.5 Å². The summed E-state index contributed by atoms with van der Waals surface area (Å²) in [6, 6.07) is 17.1. The van der Waals surface area contributed by atoms with Gasteiger partial charge in [-0.3, -0.25) is 14.2 Å². The minimum absolute atomic E-state index is 0. The molecule has 5 nitrogen and oxygen atoms in total. The van der Waals surface area contributed by atoms with Gasteiger partial charge in [-0.2, -0.15) is 0 Å². The zero-order valence-corrected chi connectivity index (χ0v) is 22.9. The second-order valence-electron chi connectivity index (χ2n) is 5.53. The van der Waals surface area contributed by atoms with E-state index < -0.39 is 5.97 Å². The number of carboxylic acids is 1. The van der Waals surface area contributed by atoms with Crippen LogP contribution in [0.3, 0.4) is 0 Å². The molecule has 2 rings (SSSR count). The summed E-state index contributed by atoms with van der Waals surface area (Å²) in [5.41, 5.74) is 7.96. The van der Waals surface area contributed by atoms with Crippen LogP contribution in [0.5, 0.6) is 0 Å². The Labute approximate surface area is 192 Å². The molecule has 0 heterocycles. The molecule has 0 fully saturated rings. The maximum absolute atomic E-state index is 10.7. The predicted octanol–water partition coefficient (Wildman–Crippen LogP) is 1.62. The van der Waals surface area contributed by atoms with Crippen LogP contribution in [0.4, 0.5) is 9.41 Å². The first kappa shape index (κ1) is 32.5. The fraction of sp³-hybridized carbons (Fsp3) is 0.300. The molecule has 0 bridgehead atoms. The second kappa shape index (κ2) is 20.1. The van der Waals surface area contributed by atoms with Crippen molar-refractivity contribution in [3.8, 4) is 0 Å². The molecule has 2 aromatic carbocycles. The zero-order valence-electron chi connectivity index (χ0n) is 17.2. The summed E-state index contributed by atoms with van der Waals surface area (Å²) in [6.45, 7) is 3.95. The number of carbonyl (C=O) groups is 2. The van der Waals surface area contributed by atoms with E-state index in [4.69, 9.17) is 15.6 Å². The standard InChI is InChI=1S/C9H10NO.C7H8N.C2H4O2.2CH3.2FH.2Sn/c1-8(11)10-7-9-5-3-2-4-6-9;8-6-7-4-2-1-3-5-7;1-2(3)4;;;;;;/h2-3,5-6H,7H2,1H3,(H,10,11);1-2,4-5H,6,8H2;1H3,(H,3,4);2*1H3;2*1H;;. The monoisotopic (exact) mass is 624 g/mol. The van der Waals surface area contributed by atoms with Gasteiger partial charge in [-0.25, -0.2) is 0 Å². The molecule has 0 aliphatic carbocycles. The summed E-state index contributed by atoms with van der Waals surface area (Å²) in [5, 5.41) is 10.2. The van der Waals surface area contributed by atoms with Gasteiger partial charge in [-0.05, 0) is 0 Å². The summed E-state index contributed by atoms with van der Waals surface area (Å²) < 4.78 is 3.01. The summed E-state index contributed by atoms with van der Waals surface area (Å²) >= 11 is -0.567. The SMILES string of the molecule is CC(=O)O.F.F.[CH3][Sn][c]1cccc(CN)c1.[CH3][Sn][c]1cccc(CNC(C)=O)c1. The fourth-order valence-electron chi connectivity index (χ4n) is 1.92. The van der Waals surface area contributed by atoms with Crippen molar-refractivity contribution >= 4 is 61.3 Å². The first-order chi connectivity index (χ1) is 12.8. The van der Waals surface area contributed by atoms with Crippen LogP contribution in [-0.2, 0) is 22.7 Å². The number of carbonyl (C=O) groups excluding carboxylic acids is 1. The van der Waals surface area contributed by atoms with Gasteiger partial charge in [-0.1, -0.05) is 0 Å². The van der Waals surface area contributed by atoms with Gasteiger partial charge in [0.25, 0.3) is 5.97 Å². The predicted molar refractivity (Wildman–Crippen MR) is 119 cm³/mol. The molecule has 0 atom stereocenters. The van der Waals surface area contributed by atoms with E-state index in [1.807, 2.05) is 0 Å². The van der Waals surface area contributed by atoms with Crippen molar-refractivity contribution in [3.63, 3.8) is 0 Å². The molecule has 4 N–H and O–H groups in total. The Morgan fingerprint density at radius 3 is 1.72 bits per heavy atom. The van der Waals surface area contributed by atoms with Gasteiger partial charge < -0.3 is 5.11 Å². The number of nitrogens with one attached hydrogen (secondary N) is 1. The van der Waals surface area contributed by atoms with Crippen molar-refractivity contribution in [1.82, 2.24) is 5.32 Å². The van der Waals surface area contributed by atoms with E-state index in [2.05, 4.69) is 63.7 Å². The van der Waals surface area contributed by atoms with Crippen LogP contribution in [0.25, 0.3) is 0 Å². The number of benzene rings is 2. The molecular weight excluding hydrogens is 592 g/mol. The molecule has 0 aliphatic rings. The molecule has 29 heavy (non-hydrogen) atoms. The number of nitrogens with two attached hydrogens (primary N) is 1. The molecule has 1 amide bonds. The average Bonchev–Trinajstić information content (AvgIpc) is 2.66. The molecule has 4 radical (unpaired) electrons. The Morgan fingerprint density at radius 1 is 0.931 bits per heavy atom. The number of rotatable bonds is 5. The molecule has 0 aromatic heterocycles. The van der Waals surface area contributed by atoms with Gasteiger partial charge in [0.2, 0.25) is 0 Å². The van der Waals surface area contributed by atoms with Crippen molar-refractivity contribution in [2.45, 2.75) is 36.8 Å². The summed E-state index contributed by atoms with van der Waals surface area (Å²) in [6.07, 6.45) is 0. The van der Waals surface area contributed by atoms with Crippen LogP contribution >= 0.6 is 0 Å². The first-order valence-electron chi connectivity index (χ1n) is 8.49. The number of carboxylic acid groups (broad SMARTS) is 1. The zero-order chi connectivity index (χ0) is 20.7. The third-order valence-electron chi connectivity index (χ3n) is 3.21. The van der Waals surface area contributed by atoms with Crippen LogP contribution < -0.4 is 18.2 Å².